The van der Waals surface area contributed by atoms with E-state index in [9.17, 15) is 4.79 Å². The second-order valence-corrected chi connectivity index (χ2v) is 5.42. The van der Waals surface area contributed by atoms with Crippen molar-refractivity contribution in [2.75, 3.05) is 23.8 Å². The minimum atomic E-state index is -0.230. The fourth-order valence-electron chi connectivity index (χ4n) is 1.83. The Morgan fingerprint density at radius 2 is 2.00 bits per heavy atom. The molecule has 0 aliphatic heterocycles. The van der Waals surface area contributed by atoms with Crippen LogP contribution >= 0.6 is 23.2 Å². The maximum Gasteiger partial charge on any atom is 0.243 e. The molecule has 0 atom stereocenters. The Hall–Kier alpha value is -2.17. The lowest BCUT2D eigenvalue weighted by Crippen LogP contribution is -2.21. The van der Waals surface area contributed by atoms with Crippen molar-refractivity contribution in [3.8, 4) is 5.75 Å². The van der Waals surface area contributed by atoms with Crippen LogP contribution in [0.15, 0.2) is 55.1 Å². The van der Waals surface area contributed by atoms with Crippen LogP contribution in [0.3, 0.4) is 0 Å². The quantitative estimate of drug-likeness (QED) is 0.717. The summed E-state index contributed by atoms with van der Waals surface area (Å²) in [7, 11) is 0. The van der Waals surface area contributed by atoms with Crippen LogP contribution in [0.25, 0.3) is 0 Å². The van der Waals surface area contributed by atoms with E-state index < -0.39 is 0 Å². The van der Waals surface area contributed by atoms with Crippen molar-refractivity contribution in [1.82, 2.24) is 0 Å². The highest BCUT2D eigenvalue weighted by atomic mass is 35.5. The monoisotopic (exact) mass is 350 g/mol. The molecule has 120 valence electrons. The predicted molar refractivity (Wildman–Crippen MR) is 95.7 cm³/mol. The maximum absolute atomic E-state index is 12.0. The van der Waals surface area contributed by atoms with Gasteiger partial charge in [-0.15, -0.1) is 0 Å². The van der Waals surface area contributed by atoms with Gasteiger partial charge in [-0.3, -0.25) is 4.79 Å². The molecule has 4 nitrogen and oxygen atoms in total. The van der Waals surface area contributed by atoms with E-state index in [1.54, 1.807) is 24.3 Å². The van der Waals surface area contributed by atoms with E-state index >= 15 is 0 Å². The molecule has 0 unspecified atom stereocenters. The molecule has 0 aliphatic carbocycles. The lowest BCUT2D eigenvalue weighted by molar-refractivity contribution is -0.114. The van der Waals surface area contributed by atoms with Crippen LogP contribution in [0, 0.1) is 0 Å². The molecule has 0 spiro atoms. The second kappa shape index (κ2) is 8.46. The Morgan fingerprint density at radius 1 is 1.22 bits per heavy atom. The van der Waals surface area contributed by atoms with Gasteiger partial charge < -0.3 is 15.4 Å². The number of hydrogen-bond donors (Lipinski definition) is 2. The zero-order chi connectivity index (χ0) is 16.7. The number of halogens is 2. The lowest BCUT2D eigenvalue weighted by Gasteiger charge is -2.11. The van der Waals surface area contributed by atoms with Crippen molar-refractivity contribution in [2.45, 2.75) is 0 Å². The van der Waals surface area contributed by atoms with Crippen molar-refractivity contribution < 1.29 is 9.53 Å². The van der Waals surface area contributed by atoms with Crippen LogP contribution in [0.1, 0.15) is 0 Å². The van der Waals surface area contributed by atoms with Crippen LogP contribution < -0.4 is 15.4 Å². The maximum atomic E-state index is 12.0. The van der Waals surface area contributed by atoms with E-state index in [0.29, 0.717) is 28.1 Å². The molecule has 0 radical (unpaired) electrons. The molecule has 6 heteroatoms. The number of carbonyl (C=O) groups is 1. The van der Waals surface area contributed by atoms with Gasteiger partial charge in [0.05, 0.1) is 22.3 Å². The molecule has 23 heavy (non-hydrogen) atoms. The largest absolute Gasteiger partial charge is 0.489 e. The van der Waals surface area contributed by atoms with Gasteiger partial charge in [0.15, 0.2) is 0 Å². The first-order valence-corrected chi connectivity index (χ1v) is 7.67. The van der Waals surface area contributed by atoms with Crippen molar-refractivity contribution in [1.29, 1.82) is 0 Å². The van der Waals surface area contributed by atoms with Crippen molar-refractivity contribution in [2.24, 2.45) is 0 Å². The number of rotatable bonds is 7. The van der Waals surface area contributed by atoms with Gasteiger partial charge in [0.1, 0.15) is 12.4 Å². The Morgan fingerprint density at radius 3 is 2.78 bits per heavy atom. The SMILES string of the molecule is C=CCOc1cccc(NCC(=O)Nc2cccc(Cl)c2Cl)c1. The van der Waals surface area contributed by atoms with E-state index in [1.165, 1.54) is 0 Å². The summed E-state index contributed by atoms with van der Waals surface area (Å²) in [6, 6.07) is 12.4. The molecule has 2 rings (SSSR count). The fraction of sp³-hybridized carbons (Fsp3) is 0.118. The molecule has 0 heterocycles. The summed E-state index contributed by atoms with van der Waals surface area (Å²) in [6.07, 6.45) is 1.67. The average Bonchev–Trinajstić information content (AvgIpc) is 2.56. The van der Waals surface area contributed by atoms with Crippen molar-refractivity contribution in [3.05, 3.63) is 65.2 Å². The first-order chi connectivity index (χ1) is 11.1. The summed E-state index contributed by atoms with van der Waals surface area (Å²) in [5.41, 5.74) is 1.26. The molecular formula is C17H16Cl2N2O2. The molecule has 0 aromatic heterocycles. The molecule has 0 saturated heterocycles. The van der Waals surface area contributed by atoms with Crippen LogP contribution in [0.5, 0.6) is 5.75 Å². The van der Waals surface area contributed by atoms with Gasteiger partial charge in [0, 0.05) is 11.8 Å². The van der Waals surface area contributed by atoms with Crippen molar-refractivity contribution >= 4 is 40.5 Å². The Labute approximate surface area is 145 Å². The van der Waals surface area contributed by atoms with Crippen LogP contribution in [-0.4, -0.2) is 19.1 Å². The van der Waals surface area contributed by atoms with Gasteiger partial charge in [-0.05, 0) is 24.3 Å². The highest BCUT2D eigenvalue weighted by Gasteiger charge is 2.08. The van der Waals surface area contributed by atoms with Gasteiger partial charge in [-0.25, -0.2) is 0 Å². The van der Waals surface area contributed by atoms with Gasteiger partial charge in [0.25, 0.3) is 0 Å². The molecule has 2 N–H and O–H groups in total. The molecular weight excluding hydrogens is 335 g/mol. The molecule has 0 bridgehead atoms. The molecule has 0 saturated carbocycles. The van der Waals surface area contributed by atoms with E-state index in [0.717, 1.165) is 5.69 Å². The highest BCUT2D eigenvalue weighted by Crippen LogP contribution is 2.29. The highest BCUT2D eigenvalue weighted by molar-refractivity contribution is 6.44. The van der Waals surface area contributed by atoms with Gasteiger partial charge in [-0.1, -0.05) is 48.0 Å². The number of nitrogens with one attached hydrogen (secondary N) is 2. The second-order valence-electron chi connectivity index (χ2n) is 4.63. The summed E-state index contributed by atoms with van der Waals surface area (Å²) < 4.78 is 5.44. The Balaban J connectivity index is 1.91. The van der Waals surface area contributed by atoms with Crippen molar-refractivity contribution in [3.63, 3.8) is 0 Å². The minimum absolute atomic E-state index is 0.0910. The smallest absolute Gasteiger partial charge is 0.243 e. The number of carbonyl (C=O) groups excluding carboxylic acids is 1. The van der Waals surface area contributed by atoms with Crippen LogP contribution in [0.2, 0.25) is 10.0 Å². The van der Waals surface area contributed by atoms with Gasteiger partial charge >= 0.3 is 0 Å². The summed E-state index contributed by atoms with van der Waals surface area (Å²) >= 11 is 11.9. The third-order valence-electron chi connectivity index (χ3n) is 2.88. The van der Waals surface area contributed by atoms with Gasteiger partial charge in [-0.2, -0.15) is 0 Å². The summed E-state index contributed by atoms with van der Waals surface area (Å²) in [6.45, 7) is 4.12. The average molecular weight is 351 g/mol. The first kappa shape index (κ1) is 17.2. The first-order valence-electron chi connectivity index (χ1n) is 6.91. The lowest BCUT2D eigenvalue weighted by atomic mass is 10.3. The Bertz CT molecular complexity index is 705. The number of amides is 1. The van der Waals surface area contributed by atoms with E-state index in [4.69, 9.17) is 27.9 Å². The number of ether oxygens (including phenoxy) is 1. The van der Waals surface area contributed by atoms with E-state index in [-0.39, 0.29) is 12.5 Å². The number of hydrogen-bond acceptors (Lipinski definition) is 3. The van der Waals surface area contributed by atoms with Crippen LogP contribution in [-0.2, 0) is 4.79 Å². The molecule has 2 aromatic carbocycles. The number of anilines is 2. The summed E-state index contributed by atoms with van der Waals surface area (Å²) in [4.78, 5) is 12.0. The fourth-order valence-corrected chi connectivity index (χ4v) is 2.18. The minimum Gasteiger partial charge on any atom is -0.489 e. The standard InChI is InChI=1S/C17H16Cl2N2O2/c1-2-9-23-13-6-3-5-12(10-13)20-11-16(22)21-15-8-4-7-14(18)17(15)19/h2-8,10,20H,1,9,11H2,(H,21,22). The summed E-state index contributed by atoms with van der Waals surface area (Å²) in [5.74, 6) is 0.472. The normalized spacial score (nSPS) is 10.0. The van der Waals surface area contributed by atoms with Crippen LogP contribution in [0.4, 0.5) is 11.4 Å². The molecule has 0 aliphatic rings. The summed E-state index contributed by atoms with van der Waals surface area (Å²) in [5, 5.41) is 6.44. The zero-order valence-electron chi connectivity index (χ0n) is 12.3. The number of benzene rings is 2. The van der Waals surface area contributed by atoms with E-state index in [2.05, 4.69) is 17.2 Å². The third kappa shape index (κ3) is 5.20. The van der Waals surface area contributed by atoms with Gasteiger partial charge in [0.2, 0.25) is 5.91 Å². The molecule has 2 aromatic rings. The molecule has 1 amide bonds. The zero-order valence-corrected chi connectivity index (χ0v) is 13.8. The molecule has 0 fully saturated rings. The third-order valence-corrected chi connectivity index (χ3v) is 3.70. The van der Waals surface area contributed by atoms with E-state index in [1.807, 2.05) is 24.3 Å². The topological polar surface area (TPSA) is 50.4 Å². The Kier molecular flexibility index (Phi) is 6.32. The predicted octanol–water partition coefficient (Wildman–Crippen LogP) is 4.61.